The summed E-state index contributed by atoms with van der Waals surface area (Å²) >= 11 is 6.10. The molecule has 0 aliphatic carbocycles. The van der Waals surface area contributed by atoms with E-state index in [1.54, 1.807) is 37.4 Å². The summed E-state index contributed by atoms with van der Waals surface area (Å²) in [5.74, 6) is 0.934. The molecule has 0 saturated carbocycles. The van der Waals surface area contributed by atoms with Crippen molar-refractivity contribution >= 4 is 50.0 Å². The zero-order valence-electron chi connectivity index (χ0n) is 18.2. The Labute approximate surface area is 192 Å². The van der Waals surface area contributed by atoms with Crippen LogP contribution in [0.3, 0.4) is 0 Å². The summed E-state index contributed by atoms with van der Waals surface area (Å²) in [7, 11) is -1.67. The van der Waals surface area contributed by atoms with E-state index in [0.717, 1.165) is 31.7 Å². The second kappa shape index (κ2) is 9.05. The van der Waals surface area contributed by atoms with Crippen LogP contribution >= 0.6 is 11.6 Å². The molecule has 1 unspecified atom stereocenters. The number of nitrogens with one attached hydrogen (secondary N) is 2. The number of hydrogen-bond donors (Lipinski definition) is 2. The fraction of sp³-hybridized carbons (Fsp3) is 0.381. The van der Waals surface area contributed by atoms with Crippen molar-refractivity contribution in [2.24, 2.45) is 0 Å². The van der Waals surface area contributed by atoms with Crippen LogP contribution in [0.15, 0.2) is 36.5 Å². The molecule has 1 saturated heterocycles. The van der Waals surface area contributed by atoms with Crippen molar-refractivity contribution in [3.05, 3.63) is 47.2 Å². The van der Waals surface area contributed by atoms with E-state index in [1.165, 1.54) is 0 Å². The Hall–Kier alpha value is -2.69. The van der Waals surface area contributed by atoms with Gasteiger partial charge in [0.2, 0.25) is 5.95 Å². The standard InChI is InChI=1S/C21H26ClN7O2S/c1-14-5-4-6-16(11-14)27-32(30,31)15(2)24-20-17-12-19(22)23-13-18(17)25-21(26-20)29-9-7-28(3)8-10-29/h4-6,11-13,15,27H,7-10H2,1-3H3,(H,24,25,26). The van der Waals surface area contributed by atoms with Crippen LogP contribution in [0.2, 0.25) is 5.15 Å². The molecule has 1 aromatic carbocycles. The number of likely N-dealkylation sites (N-methyl/N-ethyl adjacent to an activating group) is 1. The van der Waals surface area contributed by atoms with Crippen LogP contribution in [0.25, 0.3) is 10.9 Å². The second-order valence-electron chi connectivity index (χ2n) is 7.99. The van der Waals surface area contributed by atoms with Crippen LogP contribution < -0.4 is 14.9 Å². The number of aryl methyl sites for hydroxylation is 1. The molecular formula is C21H26ClN7O2S. The number of aromatic nitrogens is 3. The minimum Gasteiger partial charge on any atom is -0.352 e. The van der Waals surface area contributed by atoms with Gasteiger partial charge in [-0.25, -0.2) is 18.4 Å². The largest absolute Gasteiger partial charge is 0.352 e. The Bertz CT molecular complexity index is 1230. The summed E-state index contributed by atoms with van der Waals surface area (Å²) in [5.41, 5.74) is 2.07. The van der Waals surface area contributed by atoms with E-state index in [-0.39, 0.29) is 5.15 Å². The van der Waals surface area contributed by atoms with E-state index in [0.29, 0.717) is 28.4 Å². The molecule has 1 fully saturated rings. The van der Waals surface area contributed by atoms with Gasteiger partial charge in [0.05, 0.1) is 11.7 Å². The number of rotatable bonds is 6. The molecule has 1 aliphatic rings. The molecule has 2 aromatic heterocycles. The molecule has 2 N–H and O–H groups in total. The minimum atomic E-state index is -3.74. The Morgan fingerprint density at radius 1 is 1.12 bits per heavy atom. The van der Waals surface area contributed by atoms with Crippen molar-refractivity contribution in [2.75, 3.05) is 48.2 Å². The molecule has 9 nitrogen and oxygen atoms in total. The van der Waals surface area contributed by atoms with Gasteiger partial charge in [-0.05, 0) is 44.7 Å². The molecule has 11 heteroatoms. The third kappa shape index (κ3) is 5.03. The number of sulfonamides is 1. The third-order valence-electron chi connectivity index (χ3n) is 5.41. The third-order valence-corrected chi connectivity index (χ3v) is 7.18. The molecule has 1 aliphatic heterocycles. The van der Waals surface area contributed by atoms with Crippen molar-refractivity contribution in [3.63, 3.8) is 0 Å². The Balaban J connectivity index is 1.65. The first kappa shape index (κ1) is 22.5. The van der Waals surface area contributed by atoms with Crippen LogP contribution in [-0.4, -0.2) is 66.9 Å². The van der Waals surface area contributed by atoms with Gasteiger partial charge in [-0.1, -0.05) is 23.7 Å². The predicted molar refractivity (Wildman–Crippen MR) is 129 cm³/mol. The van der Waals surface area contributed by atoms with Crippen molar-refractivity contribution in [2.45, 2.75) is 19.2 Å². The number of anilines is 3. The highest BCUT2D eigenvalue weighted by molar-refractivity contribution is 7.93. The number of hydrogen-bond acceptors (Lipinski definition) is 8. The highest BCUT2D eigenvalue weighted by Gasteiger charge is 2.24. The molecule has 3 heterocycles. The summed E-state index contributed by atoms with van der Waals surface area (Å²) in [6.45, 7) is 6.84. The fourth-order valence-corrected chi connectivity index (χ4v) is 4.54. The van der Waals surface area contributed by atoms with Gasteiger partial charge in [0, 0.05) is 37.3 Å². The maximum atomic E-state index is 13.0. The zero-order valence-corrected chi connectivity index (χ0v) is 19.8. The first-order valence-electron chi connectivity index (χ1n) is 10.3. The monoisotopic (exact) mass is 475 g/mol. The Morgan fingerprint density at radius 3 is 2.59 bits per heavy atom. The smallest absolute Gasteiger partial charge is 0.253 e. The lowest BCUT2D eigenvalue weighted by Gasteiger charge is -2.32. The van der Waals surface area contributed by atoms with Gasteiger partial charge in [0.1, 0.15) is 16.3 Å². The molecule has 0 spiro atoms. The quantitative estimate of drug-likeness (QED) is 0.524. The maximum Gasteiger partial charge on any atom is 0.253 e. The van der Waals surface area contributed by atoms with Crippen molar-refractivity contribution < 1.29 is 8.42 Å². The van der Waals surface area contributed by atoms with Crippen LogP contribution in [0.1, 0.15) is 12.5 Å². The molecule has 4 rings (SSSR count). The number of pyridine rings is 1. The molecule has 1 atom stereocenters. The molecule has 0 radical (unpaired) electrons. The normalized spacial score (nSPS) is 16.2. The van der Waals surface area contributed by atoms with Gasteiger partial charge >= 0.3 is 0 Å². The molecule has 0 bridgehead atoms. The van der Waals surface area contributed by atoms with E-state index in [1.807, 2.05) is 13.0 Å². The van der Waals surface area contributed by atoms with E-state index < -0.39 is 15.4 Å². The topological polar surface area (TPSA) is 103 Å². The van der Waals surface area contributed by atoms with Crippen LogP contribution in [0.4, 0.5) is 17.5 Å². The number of benzene rings is 1. The molecule has 170 valence electrons. The highest BCUT2D eigenvalue weighted by atomic mass is 35.5. The first-order valence-corrected chi connectivity index (χ1v) is 12.3. The lowest BCUT2D eigenvalue weighted by molar-refractivity contribution is 0.311. The van der Waals surface area contributed by atoms with E-state index >= 15 is 0 Å². The van der Waals surface area contributed by atoms with E-state index in [4.69, 9.17) is 11.6 Å². The summed E-state index contributed by atoms with van der Waals surface area (Å²) in [6.07, 6.45) is 1.58. The molecule has 3 aromatic rings. The summed E-state index contributed by atoms with van der Waals surface area (Å²) in [6, 6.07) is 8.85. The summed E-state index contributed by atoms with van der Waals surface area (Å²) in [4.78, 5) is 17.8. The van der Waals surface area contributed by atoms with Crippen molar-refractivity contribution in [1.82, 2.24) is 19.9 Å². The van der Waals surface area contributed by atoms with E-state index in [2.05, 4.69) is 41.8 Å². The van der Waals surface area contributed by atoms with Gasteiger partial charge in [0.25, 0.3) is 10.0 Å². The SMILES string of the molecule is Cc1cccc(NS(=O)(=O)C(C)Nc2nc(N3CCN(C)CC3)nc3cnc(Cl)cc23)c1. The van der Waals surface area contributed by atoms with Gasteiger partial charge in [-0.15, -0.1) is 0 Å². The zero-order chi connectivity index (χ0) is 22.9. The van der Waals surface area contributed by atoms with Gasteiger partial charge in [-0.3, -0.25) is 4.72 Å². The van der Waals surface area contributed by atoms with Gasteiger partial charge < -0.3 is 15.1 Å². The maximum absolute atomic E-state index is 13.0. The minimum absolute atomic E-state index is 0.282. The number of piperazine rings is 1. The van der Waals surface area contributed by atoms with Crippen molar-refractivity contribution in [1.29, 1.82) is 0 Å². The first-order chi connectivity index (χ1) is 15.2. The Morgan fingerprint density at radius 2 is 1.88 bits per heavy atom. The van der Waals surface area contributed by atoms with Crippen LogP contribution in [0.5, 0.6) is 0 Å². The average Bonchev–Trinajstić information content (AvgIpc) is 2.74. The van der Waals surface area contributed by atoms with Gasteiger partial charge in [-0.2, -0.15) is 4.98 Å². The fourth-order valence-electron chi connectivity index (χ4n) is 3.48. The van der Waals surface area contributed by atoms with Crippen LogP contribution in [-0.2, 0) is 10.0 Å². The van der Waals surface area contributed by atoms with E-state index in [9.17, 15) is 8.42 Å². The number of halogens is 1. The highest BCUT2D eigenvalue weighted by Crippen LogP contribution is 2.27. The average molecular weight is 476 g/mol. The molecular weight excluding hydrogens is 450 g/mol. The van der Waals surface area contributed by atoms with Gasteiger partial charge in [0.15, 0.2) is 0 Å². The Kier molecular flexibility index (Phi) is 6.36. The number of nitrogens with zero attached hydrogens (tertiary/aromatic N) is 5. The number of fused-ring (bicyclic) bond motifs is 1. The summed E-state index contributed by atoms with van der Waals surface area (Å²) in [5, 5.41) is 2.98. The summed E-state index contributed by atoms with van der Waals surface area (Å²) < 4.78 is 28.6. The van der Waals surface area contributed by atoms with Crippen LogP contribution in [0, 0.1) is 6.92 Å². The predicted octanol–water partition coefficient (Wildman–Crippen LogP) is 2.94. The lowest BCUT2D eigenvalue weighted by atomic mass is 10.2. The lowest BCUT2D eigenvalue weighted by Crippen LogP contribution is -2.45. The second-order valence-corrected chi connectivity index (χ2v) is 10.4. The molecule has 0 amide bonds. The molecule has 32 heavy (non-hydrogen) atoms. The van der Waals surface area contributed by atoms with Crippen molar-refractivity contribution in [3.8, 4) is 0 Å².